The first-order valence-corrected chi connectivity index (χ1v) is 11.9. The number of phenolic OH excluding ortho intramolecular Hbond substituents is 1. The molecule has 0 aliphatic carbocycles. The van der Waals surface area contributed by atoms with Crippen molar-refractivity contribution in [3.63, 3.8) is 0 Å². The maximum atomic E-state index is 11.9. The van der Waals surface area contributed by atoms with Gasteiger partial charge in [-0.05, 0) is 16.8 Å². The summed E-state index contributed by atoms with van der Waals surface area (Å²) in [5.41, 5.74) is 0. The molecule has 4 aromatic rings. The normalized spacial score (nSPS) is 12.3. The van der Waals surface area contributed by atoms with E-state index in [0.29, 0.717) is 5.39 Å². The van der Waals surface area contributed by atoms with Gasteiger partial charge in [-0.25, -0.2) is 0 Å². The molecular weight excluding hydrogens is 517 g/mol. The van der Waals surface area contributed by atoms with Gasteiger partial charge in [-0.3, -0.25) is 13.7 Å². The molecule has 0 saturated carbocycles. The Balaban J connectivity index is 0.00000171. The standard InChI is InChI=1S/C16H10O10S3.3Na.3H/c17-14-15(28(21,22)23)9-3-1-7-2-6-11(27(18,19)20)8-4-5-10(13(9)12(7)8)16(14)29(24,25)26;;;;;;/h1-6,17H,(H,18,19,20)(H,21,22,23)(H,24,25,26);;;;;;. The molecule has 0 atom stereocenters. The fraction of sp³-hybridized carbons (Fsp3) is 0. The van der Waals surface area contributed by atoms with Crippen LogP contribution in [0.2, 0.25) is 0 Å². The minimum absolute atomic E-state index is 0. The van der Waals surface area contributed by atoms with Crippen molar-refractivity contribution in [3.8, 4) is 5.75 Å². The van der Waals surface area contributed by atoms with Crippen molar-refractivity contribution in [3.05, 3.63) is 36.4 Å². The van der Waals surface area contributed by atoms with Gasteiger partial charge in [0.2, 0.25) is 0 Å². The van der Waals surface area contributed by atoms with Crippen molar-refractivity contribution in [1.82, 2.24) is 0 Å². The predicted molar refractivity (Wildman–Crippen MR) is 123 cm³/mol. The maximum absolute atomic E-state index is 11.9. The van der Waals surface area contributed by atoms with Gasteiger partial charge in [-0.1, -0.05) is 30.3 Å². The molecule has 16 heteroatoms. The van der Waals surface area contributed by atoms with Crippen LogP contribution in [-0.2, 0) is 30.4 Å². The fourth-order valence-corrected chi connectivity index (χ4v) is 5.95. The molecule has 158 valence electrons. The minimum atomic E-state index is -5.17. The van der Waals surface area contributed by atoms with Gasteiger partial charge < -0.3 is 5.11 Å². The van der Waals surface area contributed by atoms with Crippen LogP contribution in [0.15, 0.2) is 51.1 Å². The van der Waals surface area contributed by atoms with Gasteiger partial charge in [-0.15, -0.1) is 0 Å². The molecule has 0 aliphatic heterocycles. The Morgan fingerprint density at radius 3 is 1.38 bits per heavy atom. The summed E-state index contributed by atoms with van der Waals surface area (Å²) in [5, 5.41) is 9.87. The molecule has 0 amide bonds. The van der Waals surface area contributed by atoms with E-state index in [9.17, 15) is 44.0 Å². The van der Waals surface area contributed by atoms with Gasteiger partial charge in [0.1, 0.15) is 14.7 Å². The summed E-state index contributed by atoms with van der Waals surface area (Å²) in [6.07, 6.45) is 0. The van der Waals surface area contributed by atoms with Crippen LogP contribution in [0.5, 0.6) is 5.75 Å². The van der Waals surface area contributed by atoms with Gasteiger partial charge in [0.05, 0.1) is 0 Å². The summed E-state index contributed by atoms with van der Waals surface area (Å²) in [4.78, 5) is -2.84. The Morgan fingerprint density at radius 1 is 0.531 bits per heavy atom. The molecule has 32 heavy (non-hydrogen) atoms. The van der Waals surface area contributed by atoms with Gasteiger partial charge in [0.25, 0.3) is 30.4 Å². The summed E-state index contributed by atoms with van der Waals surface area (Å²) in [6.45, 7) is 0. The first kappa shape index (κ1) is 30.5. The topological polar surface area (TPSA) is 183 Å². The molecule has 0 fully saturated rings. The monoisotopic (exact) mass is 530 g/mol. The molecule has 4 rings (SSSR count). The summed E-state index contributed by atoms with van der Waals surface area (Å²) < 4.78 is 99.7. The quantitative estimate of drug-likeness (QED) is 0.161. The van der Waals surface area contributed by atoms with Crippen LogP contribution < -0.4 is 0 Å². The SMILES string of the molecule is O=S(=O)(O)c1ccc2ccc3c(S(=O)(=O)O)c(O)c(S(=O)(=O)O)c4ccc1c2c34.[NaH].[NaH].[NaH]. The molecule has 0 aromatic heterocycles. The summed E-state index contributed by atoms with van der Waals surface area (Å²) in [7, 11) is -15.0. The summed E-state index contributed by atoms with van der Waals surface area (Å²) in [6, 6.07) is 7.16. The Kier molecular flexibility index (Phi) is 9.37. The van der Waals surface area contributed by atoms with Crippen molar-refractivity contribution in [2.24, 2.45) is 0 Å². The van der Waals surface area contributed by atoms with E-state index in [1.807, 2.05) is 0 Å². The molecule has 0 aliphatic rings. The van der Waals surface area contributed by atoms with Crippen molar-refractivity contribution >= 4 is 151 Å². The third-order valence-electron chi connectivity index (χ3n) is 4.59. The molecule has 4 aromatic carbocycles. The van der Waals surface area contributed by atoms with Crippen LogP contribution in [0, 0.1) is 0 Å². The molecule has 0 bridgehead atoms. The average Bonchev–Trinajstić information content (AvgIpc) is 2.55. The van der Waals surface area contributed by atoms with Gasteiger partial charge in [0, 0.05) is 21.5 Å². The zero-order valence-electron chi connectivity index (χ0n) is 13.9. The number of hydrogen-bond acceptors (Lipinski definition) is 7. The van der Waals surface area contributed by atoms with Crippen molar-refractivity contribution in [1.29, 1.82) is 0 Å². The second-order valence-electron chi connectivity index (χ2n) is 6.24. The first-order chi connectivity index (χ1) is 13.2. The van der Waals surface area contributed by atoms with E-state index in [-0.39, 0.29) is 116 Å². The molecule has 0 saturated heterocycles. The number of rotatable bonds is 3. The Hall–Kier alpha value is 0.450. The van der Waals surface area contributed by atoms with E-state index >= 15 is 0 Å². The molecule has 4 N–H and O–H groups in total. The zero-order chi connectivity index (χ0) is 21.5. The van der Waals surface area contributed by atoms with E-state index in [1.165, 1.54) is 18.2 Å². The van der Waals surface area contributed by atoms with Crippen LogP contribution in [0.25, 0.3) is 32.3 Å². The Morgan fingerprint density at radius 2 is 0.938 bits per heavy atom. The third kappa shape index (κ3) is 4.90. The Labute approximate surface area is 248 Å². The van der Waals surface area contributed by atoms with Crippen LogP contribution in [-0.4, -0.2) is 133 Å². The van der Waals surface area contributed by atoms with E-state index in [4.69, 9.17) is 0 Å². The third-order valence-corrected chi connectivity index (χ3v) is 7.36. The fourth-order valence-electron chi connectivity index (χ4n) is 3.61. The van der Waals surface area contributed by atoms with Gasteiger partial charge in [0.15, 0.2) is 5.75 Å². The zero-order valence-corrected chi connectivity index (χ0v) is 16.4. The van der Waals surface area contributed by atoms with Crippen molar-refractivity contribution in [2.45, 2.75) is 14.7 Å². The van der Waals surface area contributed by atoms with Crippen molar-refractivity contribution in [2.75, 3.05) is 0 Å². The van der Waals surface area contributed by atoms with Crippen LogP contribution >= 0.6 is 0 Å². The Bertz CT molecular complexity index is 1630. The number of phenols is 1. The second-order valence-corrected chi connectivity index (χ2v) is 10.3. The second kappa shape index (κ2) is 9.84. The van der Waals surface area contributed by atoms with Crippen LogP contribution in [0.1, 0.15) is 0 Å². The molecule has 0 radical (unpaired) electrons. The molecule has 10 nitrogen and oxygen atoms in total. The van der Waals surface area contributed by atoms with Crippen molar-refractivity contribution < 1.29 is 44.0 Å². The predicted octanol–water partition coefficient (Wildman–Crippen LogP) is 0.0842. The van der Waals surface area contributed by atoms with E-state index in [2.05, 4.69) is 0 Å². The van der Waals surface area contributed by atoms with E-state index in [0.717, 1.165) is 18.2 Å². The molecule has 0 unspecified atom stereocenters. The van der Waals surface area contributed by atoms with Gasteiger partial charge in [-0.2, -0.15) is 25.3 Å². The van der Waals surface area contributed by atoms with Crippen LogP contribution in [0.4, 0.5) is 0 Å². The molecule has 0 heterocycles. The van der Waals surface area contributed by atoms with E-state index < -0.39 is 50.8 Å². The van der Waals surface area contributed by atoms with E-state index in [1.54, 1.807) is 0 Å². The number of benzene rings is 4. The number of aromatic hydroxyl groups is 1. The van der Waals surface area contributed by atoms with Crippen LogP contribution in [0.3, 0.4) is 0 Å². The molecule has 0 spiro atoms. The summed E-state index contributed by atoms with van der Waals surface area (Å²) >= 11 is 0. The number of hydrogen-bond donors (Lipinski definition) is 4. The molecular formula is C16H13Na3O10S3. The van der Waals surface area contributed by atoms with Gasteiger partial charge >= 0.3 is 88.7 Å². The summed E-state index contributed by atoms with van der Waals surface area (Å²) in [5.74, 6) is -1.38. The first-order valence-electron chi connectivity index (χ1n) is 7.62. The average molecular weight is 530 g/mol.